The fourth-order valence-electron chi connectivity index (χ4n) is 2.35. The molecule has 0 saturated carbocycles. The topological polar surface area (TPSA) is 75.4 Å². The van der Waals surface area contributed by atoms with E-state index < -0.39 is 12.1 Å². The Bertz CT molecular complexity index is 703. The molecular weight excluding hydrogens is 266 g/mol. The Labute approximate surface area is 121 Å². The summed E-state index contributed by atoms with van der Waals surface area (Å²) in [5, 5.41) is 2.12. The summed E-state index contributed by atoms with van der Waals surface area (Å²) in [5.74, 6) is 0. The monoisotopic (exact) mass is 279 g/mol. The number of urea groups is 2. The summed E-state index contributed by atoms with van der Waals surface area (Å²) in [6.07, 6.45) is 3.87. The second-order valence-electron chi connectivity index (χ2n) is 4.58. The third kappa shape index (κ3) is 2.36. The van der Waals surface area contributed by atoms with Gasteiger partial charge in [-0.2, -0.15) is 0 Å². The van der Waals surface area contributed by atoms with Crippen LogP contribution >= 0.6 is 0 Å². The molecule has 0 saturated heterocycles. The Balaban J connectivity index is 2.19. The lowest BCUT2D eigenvalue weighted by Crippen LogP contribution is -2.43. The zero-order chi connectivity index (χ0) is 14.8. The van der Waals surface area contributed by atoms with Crippen LogP contribution in [-0.4, -0.2) is 12.1 Å². The largest absolute Gasteiger partial charge is 0.351 e. The van der Waals surface area contributed by atoms with Crippen molar-refractivity contribution < 1.29 is 9.59 Å². The molecule has 0 bridgehead atoms. The van der Waals surface area contributed by atoms with Crippen LogP contribution in [0.4, 0.5) is 21.0 Å². The van der Waals surface area contributed by atoms with Gasteiger partial charge in [-0.05, 0) is 23.3 Å². The van der Waals surface area contributed by atoms with Crippen molar-refractivity contribution >= 4 is 35.6 Å². The zero-order valence-electron chi connectivity index (χ0n) is 11.1. The molecule has 4 amide bonds. The Morgan fingerprint density at radius 1 is 0.857 bits per heavy atom. The number of nitrogens with zero attached hydrogens (tertiary/aromatic N) is 1. The van der Waals surface area contributed by atoms with E-state index in [-0.39, 0.29) is 0 Å². The predicted octanol–water partition coefficient (Wildman–Crippen LogP) is 3.10. The number of hydrogen-bond donors (Lipinski definition) is 2. The molecule has 2 aromatic carbocycles. The lowest BCUT2D eigenvalue weighted by atomic mass is 10.1. The number of fused-ring (bicyclic) bond motifs is 2. The van der Waals surface area contributed by atoms with Crippen molar-refractivity contribution in [2.45, 2.75) is 0 Å². The molecule has 1 aliphatic heterocycles. The normalized spacial score (nSPS) is 12.1. The van der Waals surface area contributed by atoms with E-state index in [2.05, 4.69) is 5.32 Å². The van der Waals surface area contributed by atoms with Gasteiger partial charge in [-0.3, -0.25) is 10.2 Å². The minimum Gasteiger partial charge on any atom is -0.351 e. The van der Waals surface area contributed by atoms with Gasteiger partial charge in [-0.1, -0.05) is 48.6 Å². The number of anilines is 2. The van der Waals surface area contributed by atoms with E-state index in [1.165, 1.54) is 4.90 Å². The van der Waals surface area contributed by atoms with E-state index >= 15 is 0 Å². The Morgan fingerprint density at radius 3 is 1.81 bits per heavy atom. The van der Waals surface area contributed by atoms with Gasteiger partial charge in [-0.25, -0.2) is 9.59 Å². The molecule has 1 heterocycles. The molecule has 0 aliphatic carbocycles. The zero-order valence-corrected chi connectivity index (χ0v) is 11.1. The fraction of sp³-hybridized carbons (Fsp3) is 0. The first-order valence-electron chi connectivity index (χ1n) is 6.43. The number of imide groups is 1. The highest BCUT2D eigenvalue weighted by Gasteiger charge is 2.24. The van der Waals surface area contributed by atoms with Crippen LogP contribution in [0, 0.1) is 0 Å². The summed E-state index contributed by atoms with van der Waals surface area (Å²) in [5.41, 5.74) is 8.22. The highest BCUT2D eigenvalue weighted by atomic mass is 16.2. The average molecular weight is 279 g/mol. The van der Waals surface area contributed by atoms with E-state index in [9.17, 15) is 9.59 Å². The van der Waals surface area contributed by atoms with Gasteiger partial charge >= 0.3 is 12.1 Å². The lowest BCUT2D eigenvalue weighted by molar-refractivity contribution is 0.236. The van der Waals surface area contributed by atoms with Gasteiger partial charge in [0.2, 0.25) is 0 Å². The third-order valence-electron chi connectivity index (χ3n) is 3.23. The molecule has 0 atom stereocenters. The number of hydrogen-bond acceptors (Lipinski definition) is 2. The molecule has 0 aromatic heterocycles. The van der Waals surface area contributed by atoms with E-state index in [1.807, 2.05) is 60.7 Å². The maximum atomic E-state index is 12.4. The summed E-state index contributed by atoms with van der Waals surface area (Å²) in [6.45, 7) is 0. The van der Waals surface area contributed by atoms with Crippen molar-refractivity contribution in [1.82, 2.24) is 5.32 Å². The molecule has 2 aromatic rings. The van der Waals surface area contributed by atoms with Crippen molar-refractivity contribution in [1.29, 1.82) is 0 Å². The maximum Gasteiger partial charge on any atom is 0.334 e. The number of carbonyl (C=O) groups excluding carboxylic acids is 2. The molecule has 0 spiro atoms. The van der Waals surface area contributed by atoms with Gasteiger partial charge in [0, 0.05) is 0 Å². The molecule has 0 radical (unpaired) electrons. The van der Waals surface area contributed by atoms with Crippen LogP contribution in [0.2, 0.25) is 0 Å². The number of nitrogens with one attached hydrogen (secondary N) is 1. The van der Waals surface area contributed by atoms with Gasteiger partial charge in [0.25, 0.3) is 0 Å². The van der Waals surface area contributed by atoms with Crippen LogP contribution in [0.3, 0.4) is 0 Å². The summed E-state index contributed by atoms with van der Waals surface area (Å²) in [4.78, 5) is 24.8. The average Bonchev–Trinajstić information content (AvgIpc) is 2.63. The molecule has 5 heteroatoms. The molecule has 3 N–H and O–H groups in total. The number of carbonyl (C=O) groups is 2. The number of rotatable bonds is 0. The molecule has 0 fully saturated rings. The van der Waals surface area contributed by atoms with E-state index in [4.69, 9.17) is 5.73 Å². The van der Waals surface area contributed by atoms with Crippen molar-refractivity contribution in [3.63, 3.8) is 0 Å². The van der Waals surface area contributed by atoms with Gasteiger partial charge in [-0.15, -0.1) is 0 Å². The molecule has 1 aliphatic rings. The number of primary amides is 1. The van der Waals surface area contributed by atoms with Gasteiger partial charge in [0.05, 0.1) is 11.4 Å². The van der Waals surface area contributed by atoms with Crippen LogP contribution in [0.15, 0.2) is 48.5 Å². The first-order chi connectivity index (χ1) is 10.2. The van der Waals surface area contributed by atoms with Crippen LogP contribution in [0.25, 0.3) is 12.2 Å². The maximum absolute atomic E-state index is 12.4. The molecule has 5 nitrogen and oxygen atoms in total. The molecular formula is C16H13N3O2. The molecule has 104 valence electrons. The van der Waals surface area contributed by atoms with Crippen molar-refractivity contribution in [3.05, 3.63) is 59.7 Å². The smallest absolute Gasteiger partial charge is 0.334 e. The number of nitrogens with two attached hydrogens (primary N) is 1. The van der Waals surface area contributed by atoms with E-state index in [0.717, 1.165) is 11.1 Å². The molecule has 21 heavy (non-hydrogen) atoms. The highest BCUT2D eigenvalue weighted by Crippen LogP contribution is 2.35. The van der Waals surface area contributed by atoms with Gasteiger partial charge < -0.3 is 5.73 Å². The predicted molar refractivity (Wildman–Crippen MR) is 82.1 cm³/mol. The molecule has 3 rings (SSSR count). The Morgan fingerprint density at radius 2 is 1.33 bits per heavy atom. The Hall–Kier alpha value is -3.08. The first kappa shape index (κ1) is 12.9. The summed E-state index contributed by atoms with van der Waals surface area (Å²) < 4.78 is 0. The lowest BCUT2D eigenvalue weighted by Gasteiger charge is -2.24. The summed E-state index contributed by atoms with van der Waals surface area (Å²) in [7, 11) is 0. The fourth-order valence-corrected chi connectivity index (χ4v) is 2.35. The minimum absolute atomic E-state index is 0.578. The van der Waals surface area contributed by atoms with Crippen LogP contribution in [-0.2, 0) is 0 Å². The van der Waals surface area contributed by atoms with E-state index in [1.54, 1.807) is 0 Å². The number of benzene rings is 2. The van der Waals surface area contributed by atoms with Crippen molar-refractivity contribution in [2.75, 3.05) is 4.90 Å². The standard InChI is InChI=1S/C16H13N3O2/c17-15(20)18-16(21)19-13-7-3-1-5-11(13)9-10-12-6-2-4-8-14(12)19/h1-10H,(H3,17,18,20,21). The van der Waals surface area contributed by atoms with Crippen LogP contribution < -0.4 is 16.0 Å². The van der Waals surface area contributed by atoms with Crippen LogP contribution in [0.5, 0.6) is 0 Å². The Kier molecular flexibility index (Phi) is 3.16. The first-order valence-corrected chi connectivity index (χ1v) is 6.43. The van der Waals surface area contributed by atoms with Crippen molar-refractivity contribution in [2.24, 2.45) is 5.73 Å². The number of para-hydroxylation sites is 2. The third-order valence-corrected chi connectivity index (χ3v) is 3.23. The summed E-state index contributed by atoms with van der Waals surface area (Å²) >= 11 is 0. The summed E-state index contributed by atoms with van der Waals surface area (Å²) in [6, 6.07) is 13.5. The highest BCUT2D eigenvalue weighted by molar-refractivity contribution is 6.10. The SMILES string of the molecule is NC(=O)NC(=O)N1c2ccccc2C=Cc2ccccc21. The minimum atomic E-state index is -0.882. The van der Waals surface area contributed by atoms with Gasteiger partial charge in [0.1, 0.15) is 0 Å². The quantitative estimate of drug-likeness (QED) is 0.777. The van der Waals surface area contributed by atoms with Gasteiger partial charge in [0.15, 0.2) is 0 Å². The van der Waals surface area contributed by atoms with Crippen molar-refractivity contribution in [3.8, 4) is 0 Å². The second kappa shape index (κ2) is 5.13. The number of amides is 4. The van der Waals surface area contributed by atoms with E-state index in [0.29, 0.717) is 11.4 Å². The van der Waals surface area contributed by atoms with Crippen LogP contribution in [0.1, 0.15) is 11.1 Å². The second-order valence-corrected chi connectivity index (χ2v) is 4.58. The molecule has 0 unspecified atom stereocenters.